The third-order valence-corrected chi connectivity index (χ3v) is 3.60. The van der Waals surface area contributed by atoms with E-state index >= 15 is 0 Å². The van der Waals surface area contributed by atoms with Crippen molar-refractivity contribution in [3.63, 3.8) is 0 Å². The quantitative estimate of drug-likeness (QED) is 0.235. The van der Waals surface area contributed by atoms with E-state index in [0.717, 1.165) is 19.5 Å². The van der Waals surface area contributed by atoms with Gasteiger partial charge in [-0.2, -0.15) is 0 Å². The molecule has 6 nitrogen and oxygen atoms in total. The van der Waals surface area contributed by atoms with Crippen molar-refractivity contribution in [1.29, 1.82) is 0 Å². The van der Waals surface area contributed by atoms with E-state index < -0.39 is 0 Å². The molecule has 0 bridgehead atoms. The summed E-state index contributed by atoms with van der Waals surface area (Å²) in [5.41, 5.74) is 0.688. The molecular formula is C13H28N4O2. The molecule has 0 amide bonds. The molecule has 0 spiro atoms. The van der Waals surface area contributed by atoms with E-state index in [0.29, 0.717) is 11.4 Å². The van der Waals surface area contributed by atoms with Crippen molar-refractivity contribution >= 4 is 11.4 Å². The largest absolute Gasteiger partial charge is 0.411 e. The molecule has 0 aliphatic rings. The van der Waals surface area contributed by atoms with Gasteiger partial charge >= 0.3 is 0 Å². The predicted molar refractivity (Wildman–Crippen MR) is 78.6 cm³/mol. The standard InChI is InChI=1S/C13H28N4O2/c1-10(16-18)12(3,4)14-8-7-9-15-13(5,6)11(2)17-19/h14-15,18-19H,7-9H2,1-6H3/b16-10+,17-11+. The molecule has 0 unspecified atom stereocenters. The highest BCUT2D eigenvalue weighted by atomic mass is 16.4. The third-order valence-electron chi connectivity index (χ3n) is 3.60. The maximum Gasteiger partial charge on any atom is 0.0734 e. The molecule has 0 aliphatic carbocycles. The highest BCUT2D eigenvalue weighted by molar-refractivity contribution is 5.90. The molecule has 0 heterocycles. The van der Waals surface area contributed by atoms with Crippen molar-refractivity contribution < 1.29 is 10.4 Å². The maximum absolute atomic E-state index is 8.77. The average Bonchev–Trinajstić information content (AvgIpc) is 2.35. The summed E-state index contributed by atoms with van der Waals surface area (Å²) in [4.78, 5) is 0. The van der Waals surface area contributed by atoms with Gasteiger partial charge in [-0.3, -0.25) is 0 Å². The summed E-state index contributed by atoms with van der Waals surface area (Å²) in [6.45, 7) is 13.1. The minimum atomic E-state index is -0.313. The Morgan fingerprint density at radius 2 is 1.16 bits per heavy atom. The minimum absolute atomic E-state index is 0.313. The van der Waals surface area contributed by atoms with E-state index in [1.165, 1.54) is 0 Å². The van der Waals surface area contributed by atoms with Crippen LogP contribution >= 0.6 is 0 Å². The van der Waals surface area contributed by atoms with Crippen LogP contribution < -0.4 is 10.6 Å². The van der Waals surface area contributed by atoms with Crippen LogP contribution in [0.2, 0.25) is 0 Å². The number of hydrogen-bond acceptors (Lipinski definition) is 6. The van der Waals surface area contributed by atoms with Gasteiger partial charge in [0.15, 0.2) is 0 Å². The topological polar surface area (TPSA) is 89.2 Å². The SMILES string of the molecule is C/C(=N\O)C(C)(C)NCCCNC(C)(C)/C(C)=N/O. The summed E-state index contributed by atoms with van der Waals surface area (Å²) in [5, 5.41) is 30.6. The smallest absolute Gasteiger partial charge is 0.0734 e. The molecule has 4 N–H and O–H groups in total. The fourth-order valence-corrected chi connectivity index (χ4v) is 1.40. The van der Waals surface area contributed by atoms with Crippen molar-refractivity contribution in [1.82, 2.24) is 10.6 Å². The third kappa shape index (κ3) is 6.02. The molecule has 0 saturated carbocycles. The van der Waals surface area contributed by atoms with Gasteiger partial charge in [0.1, 0.15) is 0 Å². The number of rotatable bonds is 8. The number of oxime groups is 2. The summed E-state index contributed by atoms with van der Waals surface area (Å²) in [7, 11) is 0. The molecule has 112 valence electrons. The molecule has 6 heteroatoms. The van der Waals surface area contributed by atoms with E-state index in [4.69, 9.17) is 10.4 Å². The summed E-state index contributed by atoms with van der Waals surface area (Å²) in [6.07, 6.45) is 0.921. The van der Waals surface area contributed by atoms with Gasteiger partial charge in [0.25, 0.3) is 0 Å². The first-order valence-corrected chi connectivity index (χ1v) is 6.55. The Labute approximate surface area is 116 Å². The summed E-state index contributed by atoms with van der Waals surface area (Å²) in [5.74, 6) is 0. The molecule has 0 saturated heterocycles. The first-order chi connectivity index (χ1) is 8.67. The first-order valence-electron chi connectivity index (χ1n) is 6.55. The van der Waals surface area contributed by atoms with Crippen molar-refractivity contribution in [3.05, 3.63) is 0 Å². The molecule has 0 rings (SSSR count). The van der Waals surface area contributed by atoms with E-state index in [2.05, 4.69) is 20.9 Å². The van der Waals surface area contributed by atoms with Gasteiger partial charge < -0.3 is 21.0 Å². The molecule has 0 aromatic heterocycles. The van der Waals surface area contributed by atoms with Gasteiger partial charge in [0.2, 0.25) is 0 Å². The molecule has 0 fully saturated rings. The lowest BCUT2D eigenvalue weighted by atomic mass is 9.99. The monoisotopic (exact) mass is 272 g/mol. The van der Waals surface area contributed by atoms with Crippen LogP contribution in [0, 0.1) is 0 Å². The zero-order chi connectivity index (χ0) is 15.1. The van der Waals surface area contributed by atoms with Gasteiger partial charge in [-0.15, -0.1) is 0 Å². The zero-order valence-corrected chi connectivity index (χ0v) is 12.9. The van der Waals surface area contributed by atoms with Crippen LogP contribution in [0.5, 0.6) is 0 Å². The second-order valence-electron chi connectivity index (χ2n) is 5.83. The summed E-state index contributed by atoms with van der Waals surface area (Å²) < 4.78 is 0. The normalized spacial score (nSPS) is 14.8. The van der Waals surface area contributed by atoms with Crippen LogP contribution in [-0.2, 0) is 0 Å². The Bertz CT molecular complexity index is 304. The molecular weight excluding hydrogens is 244 g/mol. The van der Waals surface area contributed by atoms with E-state index in [-0.39, 0.29) is 11.1 Å². The minimum Gasteiger partial charge on any atom is -0.411 e. The number of nitrogens with zero attached hydrogens (tertiary/aromatic N) is 2. The molecule has 0 atom stereocenters. The predicted octanol–water partition coefficient (Wildman–Crippen LogP) is 1.81. The van der Waals surface area contributed by atoms with Crippen molar-refractivity contribution in [2.75, 3.05) is 13.1 Å². The molecule has 0 radical (unpaired) electrons. The van der Waals surface area contributed by atoms with Gasteiger partial charge in [0, 0.05) is 0 Å². The lowest BCUT2D eigenvalue weighted by Crippen LogP contribution is -2.48. The number of hydrogen-bond donors (Lipinski definition) is 4. The Hall–Kier alpha value is -1.14. The van der Waals surface area contributed by atoms with Gasteiger partial charge in [-0.25, -0.2) is 0 Å². The average molecular weight is 272 g/mol. The Kier molecular flexibility index (Phi) is 7.00. The Morgan fingerprint density at radius 3 is 1.42 bits per heavy atom. The lowest BCUT2D eigenvalue weighted by molar-refractivity contribution is 0.309. The zero-order valence-electron chi connectivity index (χ0n) is 12.9. The maximum atomic E-state index is 8.77. The van der Waals surface area contributed by atoms with Crippen molar-refractivity contribution in [2.24, 2.45) is 10.3 Å². The van der Waals surface area contributed by atoms with E-state index in [9.17, 15) is 0 Å². The van der Waals surface area contributed by atoms with Crippen LogP contribution in [0.1, 0.15) is 48.0 Å². The fraction of sp³-hybridized carbons (Fsp3) is 0.846. The molecule has 0 aromatic rings. The van der Waals surface area contributed by atoms with Crippen LogP contribution in [0.3, 0.4) is 0 Å². The molecule has 19 heavy (non-hydrogen) atoms. The Balaban J connectivity index is 4.02. The lowest BCUT2D eigenvalue weighted by Gasteiger charge is -2.27. The van der Waals surface area contributed by atoms with Crippen LogP contribution in [0.25, 0.3) is 0 Å². The van der Waals surface area contributed by atoms with Crippen molar-refractivity contribution in [3.8, 4) is 0 Å². The molecule has 0 aromatic carbocycles. The van der Waals surface area contributed by atoms with Gasteiger partial charge in [-0.1, -0.05) is 10.3 Å². The van der Waals surface area contributed by atoms with E-state index in [1.807, 2.05) is 27.7 Å². The Morgan fingerprint density at radius 1 is 0.842 bits per heavy atom. The van der Waals surface area contributed by atoms with Gasteiger partial charge in [0.05, 0.1) is 22.5 Å². The van der Waals surface area contributed by atoms with Crippen LogP contribution in [-0.4, -0.2) is 46.0 Å². The van der Waals surface area contributed by atoms with Gasteiger partial charge in [-0.05, 0) is 61.1 Å². The van der Waals surface area contributed by atoms with Crippen LogP contribution in [0.15, 0.2) is 10.3 Å². The highest BCUT2D eigenvalue weighted by Gasteiger charge is 2.22. The van der Waals surface area contributed by atoms with E-state index in [1.54, 1.807) is 13.8 Å². The molecule has 0 aliphatic heterocycles. The van der Waals surface area contributed by atoms with Crippen LogP contribution in [0.4, 0.5) is 0 Å². The van der Waals surface area contributed by atoms with Crippen molar-refractivity contribution in [2.45, 2.75) is 59.0 Å². The second kappa shape index (κ2) is 7.45. The first kappa shape index (κ1) is 17.9. The highest BCUT2D eigenvalue weighted by Crippen LogP contribution is 2.06. The second-order valence-corrected chi connectivity index (χ2v) is 5.83. The number of nitrogens with one attached hydrogen (secondary N) is 2. The summed E-state index contributed by atoms with van der Waals surface area (Å²) >= 11 is 0. The fourth-order valence-electron chi connectivity index (χ4n) is 1.40. The summed E-state index contributed by atoms with van der Waals surface area (Å²) in [6, 6.07) is 0.